The Morgan fingerprint density at radius 2 is 2.16 bits per heavy atom. The Labute approximate surface area is 119 Å². The van der Waals surface area contributed by atoms with Gasteiger partial charge in [0.1, 0.15) is 17.0 Å². The van der Waals surface area contributed by atoms with Crippen LogP contribution < -0.4 is 10.1 Å². The number of hydrogen-bond acceptors (Lipinski definition) is 3. The summed E-state index contributed by atoms with van der Waals surface area (Å²) >= 11 is 5.90. The number of rotatable bonds is 4. The Kier molecular flexibility index (Phi) is 3.94. The van der Waals surface area contributed by atoms with E-state index >= 15 is 0 Å². The molecule has 2 fully saturated rings. The van der Waals surface area contributed by atoms with Gasteiger partial charge in [-0.25, -0.2) is 4.98 Å². The fourth-order valence-electron chi connectivity index (χ4n) is 3.09. The number of aryl methyl sites for hydroxylation is 1. The van der Waals surface area contributed by atoms with Gasteiger partial charge in [0.2, 0.25) is 0 Å². The summed E-state index contributed by atoms with van der Waals surface area (Å²) in [5.74, 6) is 2.26. The predicted molar refractivity (Wildman–Crippen MR) is 76.7 cm³/mol. The summed E-state index contributed by atoms with van der Waals surface area (Å²) in [5, 5.41) is 3.98. The lowest BCUT2D eigenvalue weighted by Gasteiger charge is -2.37. The Morgan fingerprint density at radius 1 is 1.32 bits per heavy atom. The van der Waals surface area contributed by atoms with E-state index in [2.05, 4.69) is 10.3 Å². The summed E-state index contributed by atoms with van der Waals surface area (Å²) in [6.45, 7) is 4.17. The van der Waals surface area contributed by atoms with Gasteiger partial charge in [-0.1, -0.05) is 18.0 Å². The van der Waals surface area contributed by atoms with E-state index in [1.54, 1.807) is 0 Å². The van der Waals surface area contributed by atoms with Crippen molar-refractivity contribution in [1.82, 2.24) is 10.3 Å². The molecule has 4 heteroatoms. The van der Waals surface area contributed by atoms with Gasteiger partial charge in [0.05, 0.1) is 5.69 Å². The van der Waals surface area contributed by atoms with Crippen LogP contribution in [0.4, 0.5) is 0 Å². The lowest BCUT2D eigenvalue weighted by atomic mass is 9.76. The third-order valence-electron chi connectivity index (χ3n) is 4.44. The summed E-state index contributed by atoms with van der Waals surface area (Å²) in [6.07, 6.45) is 5.53. The van der Waals surface area contributed by atoms with E-state index in [-0.39, 0.29) is 0 Å². The minimum atomic E-state index is 0.338. The van der Waals surface area contributed by atoms with Gasteiger partial charge in [-0.05, 0) is 50.8 Å². The molecule has 1 saturated carbocycles. The average molecular weight is 281 g/mol. The Balaban J connectivity index is 1.75. The Bertz CT molecular complexity index is 442. The van der Waals surface area contributed by atoms with Crippen LogP contribution in [-0.2, 0) is 0 Å². The van der Waals surface area contributed by atoms with Gasteiger partial charge in [0.25, 0.3) is 0 Å². The number of nitrogens with one attached hydrogen (secondary N) is 1. The summed E-state index contributed by atoms with van der Waals surface area (Å²) in [5.41, 5.74) is 0.891. The first-order chi connectivity index (χ1) is 9.24. The summed E-state index contributed by atoms with van der Waals surface area (Å²) < 4.78 is 6.33. The second-order valence-corrected chi connectivity index (χ2v) is 6.13. The summed E-state index contributed by atoms with van der Waals surface area (Å²) in [4.78, 5) is 4.28. The van der Waals surface area contributed by atoms with Gasteiger partial charge in [-0.2, -0.15) is 0 Å². The number of halogens is 1. The van der Waals surface area contributed by atoms with Crippen LogP contribution >= 0.6 is 11.6 Å². The molecule has 0 bridgehead atoms. The quantitative estimate of drug-likeness (QED) is 0.860. The van der Waals surface area contributed by atoms with E-state index in [0.29, 0.717) is 17.2 Å². The molecule has 0 radical (unpaired) electrons. The van der Waals surface area contributed by atoms with E-state index in [4.69, 9.17) is 16.3 Å². The average Bonchev–Trinajstić information content (AvgIpc) is 2.82. The molecule has 1 unspecified atom stereocenters. The van der Waals surface area contributed by atoms with Crippen LogP contribution in [0.15, 0.2) is 12.1 Å². The number of pyridine rings is 1. The second-order valence-electron chi connectivity index (χ2n) is 5.74. The highest BCUT2D eigenvalue weighted by molar-refractivity contribution is 6.29. The van der Waals surface area contributed by atoms with E-state index in [0.717, 1.165) is 30.5 Å². The van der Waals surface area contributed by atoms with E-state index in [1.807, 2.05) is 19.1 Å². The molecule has 0 spiro atoms. The fourth-order valence-corrected chi connectivity index (χ4v) is 3.28. The molecule has 1 aliphatic carbocycles. The third kappa shape index (κ3) is 2.87. The molecule has 2 heterocycles. The number of aromatic nitrogens is 1. The predicted octanol–water partition coefficient (Wildman–Crippen LogP) is 3.20. The van der Waals surface area contributed by atoms with Crippen LogP contribution in [-0.4, -0.2) is 24.2 Å². The minimum Gasteiger partial charge on any atom is -0.488 e. The van der Waals surface area contributed by atoms with Crippen molar-refractivity contribution < 1.29 is 4.74 Å². The van der Waals surface area contributed by atoms with E-state index in [9.17, 15) is 0 Å². The van der Waals surface area contributed by atoms with Gasteiger partial charge in [-0.15, -0.1) is 0 Å². The molecule has 1 aromatic heterocycles. The molecule has 0 aromatic carbocycles. The van der Waals surface area contributed by atoms with Crippen molar-refractivity contribution in [3.05, 3.63) is 23.0 Å². The van der Waals surface area contributed by atoms with Crippen molar-refractivity contribution in [1.29, 1.82) is 0 Å². The van der Waals surface area contributed by atoms with Crippen molar-refractivity contribution in [2.75, 3.05) is 13.1 Å². The monoisotopic (exact) mass is 280 g/mol. The van der Waals surface area contributed by atoms with Gasteiger partial charge >= 0.3 is 0 Å². The SMILES string of the molecule is Cc1nc(Cl)ccc1OC(C1CCC1)[C@H]1CCNC1. The Morgan fingerprint density at radius 3 is 2.74 bits per heavy atom. The van der Waals surface area contributed by atoms with Crippen molar-refractivity contribution in [3.8, 4) is 5.75 Å². The highest BCUT2D eigenvalue weighted by atomic mass is 35.5. The van der Waals surface area contributed by atoms with Crippen LogP contribution in [0.2, 0.25) is 5.15 Å². The molecule has 0 amide bonds. The molecule has 3 rings (SSSR count). The summed E-state index contributed by atoms with van der Waals surface area (Å²) in [7, 11) is 0. The van der Waals surface area contributed by atoms with Crippen molar-refractivity contribution in [2.45, 2.75) is 38.7 Å². The molecule has 3 nitrogen and oxygen atoms in total. The fraction of sp³-hybridized carbons (Fsp3) is 0.667. The molecule has 2 aliphatic rings. The second kappa shape index (κ2) is 5.68. The highest BCUT2D eigenvalue weighted by Gasteiger charge is 2.36. The van der Waals surface area contributed by atoms with Crippen LogP contribution in [0.25, 0.3) is 0 Å². The number of ether oxygens (including phenoxy) is 1. The zero-order chi connectivity index (χ0) is 13.2. The largest absolute Gasteiger partial charge is 0.488 e. The van der Waals surface area contributed by atoms with Gasteiger partial charge in [0.15, 0.2) is 0 Å². The maximum atomic E-state index is 6.33. The van der Waals surface area contributed by atoms with Crippen LogP contribution in [0.3, 0.4) is 0 Å². The molecule has 2 atom stereocenters. The van der Waals surface area contributed by atoms with E-state index in [1.165, 1.54) is 25.7 Å². The molecular formula is C15H21ClN2O. The molecule has 104 valence electrons. The Hall–Kier alpha value is -0.800. The molecule has 1 saturated heterocycles. The van der Waals surface area contributed by atoms with Crippen molar-refractivity contribution in [3.63, 3.8) is 0 Å². The van der Waals surface area contributed by atoms with Gasteiger partial charge in [0, 0.05) is 12.5 Å². The van der Waals surface area contributed by atoms with Gasteiger partial charge < -0.3 is 10.1 Å². The van der Waals surface area contributed by atoms with Crippen LogP contribution in [0.1, 0.15) is 31.4 Å². The topological polar surface area (TPSA) is 34.1 Å². The maximum Gasteiger partial charge on any atom is 0.141 e. The normalized spacial score (nSPS) is 25.1. The number of nitrogens with zero attached hydrogens (tertiary/aromatic N) is 1. The van der Waals surface area contributed by atoms with Crippen molar-refractivity contribution in [2.24, 2.45) is 11.8 Å². The van der Waals surface area contributed by atoms with E-state index < -0.39 is 0 Å². The molecule has 1 aromatic rings. The molecule has 1 N–H and O–H groups in total. The minimum absolute atomic E-state index is 0.338. The lowest BCUT2D eigenvalue weighted by Crippen LogP contribution is -2.39. The highest BCUT2D eigenvalue weighted by Crippen LogP contribution is 2.37. The van der Waals surface area contributed by atoms with Crippen LogP contribution in [0.5, 0.6) is 5.75 Å². The maximum absolute atomic E-state index is 6.33. The number of hydrogen-bond donors (Lipinski definition) is 1. The molecule has 19 heavy (non-hydrogen) atoms. The van der Waals surface area contributed by atoms with Crippen LogP contribution in [0, 0.1) is 18.8 Å². The molecular weight excluding hydrogens is 260 g/mol. The zero-order valence-corrected chi connectivity index (χ0v) is 12.1. The smallest absolute Gasteiger partial charge is 0.141 e. The first-order valence-electron chi connectivity index (χ1n) is 7.24. The first kappa shape index (κ1) is 13.2. The van der Waals surface area contributed by atoms with Gasteiger partial charge in [-0.3, -0.25) is 0 Å². The standard InChI is InChI=1S/C15H21ClN2O/c1-10-13(5-6-14(16)18-10)19-15(11-3-2-4-11)12-7-8-17-9-12/h5-6,11-12,15,17H,2-4,7-9H2,1H3/t12-,15?/m0/s1. The molecule has 1 aliphatic heterocycles. The van der Waals surface area contributed by atoms with Crippen molar-refractivity contribution >= 4 is 11.6 Å². The third-order valence-corrected chi connectivity index (χ3v) is 4.65. The lowest BCUT2D eigenvalue weighted by molar-refractivity contribution is 0.0413. The first-order valence-corrected chi connectivity index (χ1v) is 7.62. The zero-order valence-electron chi connectivity index (χ0n) is 11.4. The summed E-state index contributed by atoms with van der Waals surface area (Å²) in [6, 6.07) is 3.77.